The topological polar surface area (TPSA) is 54.4 Å². The number of hydrogen-bond acceptors (Lipinski definition) is 3. The van der Waals surface area contributed by atoms with Crippen molar-refractivity contribution in [2.24, 2.45) is 17.3 Å². The van der Waals surface area contributed by atoms with E-state index in [0.717, 1.165) is 12.3 Å². The van der Waals surface area contributed by atoms with E-state index in [1.807, 2.05) is 12.1 Å². The van der Waals surface area contributed by atoms with Crippen molar-refractivity contribution in [3.8, 4) is 5.75 Å². The Morgan fingerprint density at radius 3 is 1.95 bits per heavy atom. The van der Waals surface area contributed by atoms with E-state index in [9.17, 15) is 5.11 Å². The molecule has 0 spiro atoms. The minimum Gasteiger partial charge on any atom is -0.508 e. The van der Waals surface area contributed by atoms with Crippen molar-refractivity contribution in [1.29, 1.82) is 0 Å². The summed E-state index contributed by atoms with van der Waals surface area (Å²) in [6, 6.07) is 7.59. The fraction of sp³-hybridized carbons (Fsp3) is 0.588. The number of phenols is 1. The Morgan fingerprint density at radius 1 is 1.10 bits per heavy atom. The van der Waals surface area contributed by atoms with Crippen molar-refractivity contribution in [2.75, 3.05) is 0 Å². The summed E-state index contributed by atoms with van der Waals surface area (Å²) < 4.78 is 0. The molecule has 0 aliphatic heterocycles. The van der Waals surface area contributed by atoms with Crippen molar-refractivity contribution in [1.82, 2.24) is 0 Å². The molecule has 1 N–H and O–H groups in total. The predicted octanol–water partition coefficient (Wildman–Crippen LogP) is 4.06. The second-order valence-electron chi connectivity index (χ2n) is 6.56. The molecule has 112 valence electrons. The fourth-order valence-corrected chi connectivity index (χ4v) is 2.07. The van der Waals surface area contributed by atoms with Crippen LogP contribution in [-0.4, -0.2) is 11.3 Å². The van der Waals surface area contributed by atoms with Crippen LogP contribution in [0.3, 0.4) is 0 Å². The molecule has 3 nitrogen and oxygen atoms in total. The van der Waals surface area contributed by atoms with E-state index in [1.165, 1.54) is 12.0 Å². The SMILES string of the molecule is CC(C[C@@H](C)Cc1ccc(O)cc1)C(C)(C)C.O=C=O. The lowest BCUT2D eigenvalue weighted by Gasteiger charge is -2.29. The van der Waals surface area contributed by atoms with E-state index in [-0.39, 0.29) is 6.15 Å². The van der Waals surface area contributed by atoms with Gasteiger partial charge in [0.15, 0.2) is 0 Å². The molecule has 0 aromatic heterocycles. The van der Waals surface area contributed by atoms with Crippen LogP contribution in [-0.2, 0) is 16.0 Å². The van der Waals surface area contributed by atoms with Gasteiger partial charge >= 0.3 is 6.15 Å². The van der Waals surface area contributed by atoms with Gasteiger partial charge in [-0.2, -0.15) is 9.59 Å². The third-order valence-electron chi connectivity index (χ3n) is 3.75. The minimum absolute atomic E-state index is 0.250. The Labute approximate surface area is 122 Å². The van der Waals surface area contributed by atoms with Gasteiger partial charge in [-0.05, 0) is 47.8 Å². The molecule has 0 saturated carbocycles. The molecule has 0 fully saturated rings. The number of benzene rings is 1. The van der Waals surface area contributed by atoms with Crippen LogP contribution in [0.1, 0.15) is 46.6 Å². The normalized spacial score (nSPS) is 13.7. The Kier molecular flexibility index (Phi) is 7.86. The van der Waals surface area contributed by atoms with Gasteiger partial charge in [-0.1, -0.05) is 46.8 Å². The Bertz CT molecular complexity index is 409. The Hall–Kier alpha value is -1.60. The quantitative estimate of drug-likeness (QED) is 0.903. The van der Waals surface area contributed by atoms with E-state index >= 15 is 0 Å². The lowest BCUT2D eigenvalue weighted by Crippen LogP contribution is -2.20. The first-order valence-corrected chi connectivity index (χ1v) is 6.97. The molecule has 0 aliphatic rings. The summed E-state index contributed by atoms with van der Waals surface area (Å²) >= 11 is 0. The first kappa shape index (κ1) is 18.4. The molecule has 1 aromatic rings. The van der Waals surface area contributed by atoms with Gasteiger partial charge in [-0.3, -0.25) is 0 Å². The van der Waals surface area contributed by atoms with Crippen LogP contribution in [0.2, 0.25) is 0 Å². The van der Waals surface area contributed by atoms with Crippen molar-refractivity contribution in [3.05, 3.63) is 29.8 Å². The second kappa shape index (κ2) is 8.55. The first-order chi connectivity index (χ1) is 9.20. The van der Waals surface area contributed by atoms with Crippen molar-refractivity contribution in [2.45, 2.75) is 47.5 Å². The van der Waals surface area contributed by atoms with Gasteiger partial charge in [-0.25, -0.2) is 0 Å². The van der Waals surface area contributed by atoms with Crippen molar-refractivity contribution in [3.63, 3.8) is 0 Å². The third-order valence-corrected chi connectivity index (χ3v) is 3.75. The van der Waals surface area contributed by atoms with Crippen LogP contribution in [0.15, 0.2) is 24.3 Å². The van der Waals surface area contributed by atoms with Crippen LogP contribution in [0.4, 0.5) is 0 Å². The predicted molar refractivity (Wildman–Crippen MR) is 79.2 cm³/mol. The standard InChI is InChI=1S/C16H26O.CO2/c1-12(10-13(2)16(3,4)5)11-14-6-8-15(17)9-7-14;2-1-3/h6-9,12-13,17H,10-11H2,1-5H3;/t12-,13?;/m1./s1. The molecule has 0 aliphatic carbocycles. The van der Waals surface area contributed by atoms with Gasteiger partial charge in [0, 0.05) is 0 Å². The smallest absolute Gasteiger partial charge is 0.373 e. The first-order valence-electron chi connectivity index (χ1n) is 6.97. The van der Waals surface area contributed by atoms with Gasteiger partial charge in [0.1, 0.15) is 5.75 Å². The van der Waals surface area contributed by atoms with Gasteiger partial charge < -0.3 is 5.11 Å². The van der Waals surface area contributed by atoms with Crippen LogP contribution >= 0.6 is 0 Å². The third kappa shape index (κ3) is 7.75. The molecule has 20 heavy (non-hydrogen) atoms. The highest BCUT2D eigenvalue weighted by Gasteiger charge is 2.21. The van der Waals surface area contributed by atoms with E-state index in [0.29, 0.717) is 17.1 Å². The van der Waals surface area contributed by atoms with Crippen LogP contribution in [0, 0.1) is 17.3 Å². The lowest BCUT2D eigenvalue weighted by molar-refractivity contribution is -0.191. The Balaban J connectivity index is 0.00000110. The van der Waals surface area contributed by atoms with E-state index in [4.69, 9.17) is 9.59 Å². The maximum absolute atomic E-state index is 9.24. The monoisotopic (exact) mass is 278 g/mol. The summed E-state index contributed by atoms with van der Waals surface area (Å²) in [4.78, 5) is 16.2. The van der Waals surface area contributed by atoms with Gasteiger partial charge in [0.25, 0.3) is 0 Å². The zero-order valence-electron chi connectivity index (χ0n) is 13.1. The number of aromatic hydroxyl groups is 1. The molecular formula is C17H26O3. The number of rotatable bonds is 4. The average molecular weight is 278 g/mol. The summed E-state index contributed by atoms with van der Waals surface area (Å²) in [5.41, 5.74) is 1.71. The molecule has 0 radical (unpaired) electrons. The fourth-order valence-electron chi connectivity index (χ4n) is 2.07. The lowest BCUT2D eigenvalue weighted by atomic mass is 9.76. The summed E-state index contributed by atoms with van der Waals surface area (Å²) in [7, 11) is 0. The summed E-state index contributed by atoms with van der Waals surface area (Å²) in [5, 5.41) is 9.24. The van der Waals surface area contributed by atoms with Gasteiger partial charge in [0.05, 0.1) is 0 Å². The number of hydrogen-bond donors (Lipinski definition) is 1. The second-order valence-corrected chi connectivity index (χ2v) is 6.56. The Morgan fingerprint density at radius 2 is 1.55 bits per heavy atom. The molecule has 0 bridgehead atoms. The van der Waals surface area contributed by atoms with Gasteiger partial charge in [-0.15, -0.1) is 0 Å². The minimum atomic E-state index is 0.250. The average Bonchev–Trinajstić information content (AvgIpc) is 2.32. The van der Waals surface area contributed by atoms with E-state index in [2.05, 4.69) is 34.6 Å². The largest absolute Gasteiger partial charge is 0.508 e. The highest BCUT2D eigenvalue weighted by atomic mass is 16.3. The zero-order valence-corrected chi connectivity index (χ0v) is 13.1. The van der Waals surface area contributed by atoms with Crippen LogP contribution in [0.5, 0.6) is 5.75 Å². The molecule has 1 rings (SSSR count). The summed E-state index contributed by atoms with van der Waals surface area (Å²) in [6.07, 6.45) is 2.60. The van der Waals surface area contributed by atoms with Crippen molar-refractivity contribution < 1.29 is 14.7 Å². The van der Waals surface area contributed by atoms with Crippen LogP contribution in [0.25, 0.3) is 0 Å². The summed E-state index contributed by atoms with van der Waals surface area (Å²) in [6.45, 7) is 11.6. The molecular weight excluding hydrogens is 252 g/mol. The molecule has 0 amide bonds. The molecule has 0 saturated heterocycles. The van der Waals surface area contributed by atoms with Gasteiger partial charge in [0.2, 0.25) is 0 Å². The highest BCUT2D eigenvalue weighted by Crippen LogP contribution is 2.31. The maximum Gasteiger partial charge on any atom is 0.373 e. The molecule has 3 heteroatoms. The highest BCUT2D eigenvalue weighted by molar-refractivity contribution is 5.26. The molecule has 1 aromatic carbocycles. The molecule has 2 atom stereocenters. The number of phenolic OH excluding ortho intramolecular Hbond substituents is 1. The van der Waals surface area contributed by atoms with E-state index in [1.54, 1.807) is 12.1 Å². The van der Waals surface area contributed by atoms with Crippen LogP contribution < -0.4 is 0 Å². The summed E-state index contributed by atoms with van der Waals surface area (Å²) in [5.74, 6) is 1.77. The van der Waals surface area contributed by atoms with Crippen molar-refractivity contribution >= 4 is 6.15 Å². The zero-order chi connectivity index (χ0) is 15.8. The molecule has 1 unspecified atom stereocenters. The number of carbonyl (C=O) groups excluding carboxylic acids is 2. The van der Waals surface area contributed by atoms with E-state index < -0.39 is 0 Å². The maximum atomic E-state index is 9.24. The molecule has 0 heterocycles.